The van der Waals surface area contributed by atoms with Crippen molar-refractivity contribution in [2.24, 2.45) is 5.73 Å². The Bertz CT molecular complexity index is 2480. The van der Waals surface area contributed by atoms with E-state index in [1.165, 1.54) is 0 Å². The summed E-state index contributed by atoms with van der Waals surface area (Å²) in [5, 5.41) is 30.0. The van der Waals surface area contributed by atoms with Crippen LogP contribution in [0.2, 0.25) is 0 Å². The number of benzene rings is 4. The molecule has 0 aliphatic rings. The Morgan fingerprint density at radius 3 is 1.55 bits per heavy atom. The lowest BCUT2D eigenvalue weighted by molar-refractivity contribution is -0.148. The largest absolute Gasteiger partial charge is 0.481 e. The van der Waals surface area contributed by atoms with E-state index in [1.807, 2.05) is 115 Å². The Morgan fingerprint density at radius 1 is 0.618 bits per heavy atom. The average Bonchev–Trinajstić information content (AvgIpc) is 3.96. The topological polar surface area (TPSA) is 235 Å². The van der Waals surface area contributed by atoms with Crippen LogP contribution in [-0.4, -0.2) is 71.3 Å². The first kappa shape index (κ1) is 39.0. The molecule has 0 unspecified atom stereocenters. The second-order valence-electron chi connectivity index (χ2n) is 12.5. The van der Waals surface area contributed by atoms with Crippen LogP contribution < -0.4 is 5.73 Å². The van der Waals surface area contributed by atoms with Crippen molar-refractivity contribution in [1.82, 2.24) is 19.9 Å². The quantitative estimate of drug-likeness (QED) is 0.0588. The van der Waals surface area contributed by atoms with Gasteiger partial charge in [0.2, 0.25) is 5.78 Å². The van der Waals surface area contributed by atoms with Crippen LogP contribution in [0.25, 0.3) is 43.6 Å². The van der Waals surface area contributed by atoms with Gasteiger partial charge < -0.3 is 45.8 Å². The zero-order valence-corrected chi connectivity index (χ0v) is 29.5. The summed E-state index contributed by atoms with van der Waals surface area (Å²) in [6.45, 7) is 0. The molecule has 8 rings (SSSR count). The number of nitrogens with two attached hydrogens (primary N) is 1. The van der Waals surface area contributed by atoms with Gasteiger partial charge >= 0.3 is 17.9 Å². The van der Waals surface area contributed by atoms with E-state index in [0.717, 1.165) is 66.8 Å². The molecule has 0 aliphatic heterocycles. The fraction of sp³-hybridized carbons (Fsp3) is 0.119. The normalized spacial score (nSPS) is 11.1. The minimum Gasteiger partial charge on any atom is -0.481 e. The Labute approximate surface area is 313 Å². The van der Waals surface area contributed by atoms with Crippen molar-refractivity contribution in [2.75, 3.05) is 0 Å². The van der Waals surface area contributed by atoms with Crippen molar-refractivity contribution in [1.29, 1.82) is 0 Å². The van der Waals surface area contributed by atoms with Gasteiger partial charge in [0.15, 0.2) is 0 Å². The van der Waals surface area contributed by atoms with Crippen LogP contribution in [0.1, 0.15) is 22.6 Å². The van der Waals surface area contributed by atoms with Gasteiger partial charge in [-0.25, -0.2) is 4.79 Å². The molecule has 0 amide bonds. The van der Waals surface area contributed by atoms with E-state index < -0.39 is 29.7 Å². The van der Waals surface area contributed by atoms with E-state index in [-0.39, 0.29) is 12.8 Å². The Kier molecular flexibility index (Phi) is 13.1. The molecule has 55 heavy (non-hydrogen) atoms. The molecule has 0 spiro atoms. The highest BCUT2D eigenvalue weighted by Gasteiger charge is 2.15. The molecule has 13 nitrogen and oxygen atoms in total. The summed E-state index contributed by atoms with van der Waals surface area (Å²) in [5.74, 6) is -3.98. The van der Waals surface area contributed by atoms with E-state index in [1.54, 1.807) is 6.07 Å². The first-order chi connectivity index (χ1) is 26.5. The number of nitrogens with one attached hydrogen (secondary N) is 4. The SMILES string of the molecule is N[C@@H](Cc1c[nH]c2ccccc12)C(=O)O.O=C(O)C(=O)Cc1cc2ccccc2[nH]1.O=C(O)Cc1cc2ccccc2[nH]1.O=CCc1cc2ccccc2[nH]1. The number of aliphatic carboxylic acids is 3. The monoisotopic (exact) mass is 741 g/mol. The van der Waals surface area contributed by atoms with Crippen LogP contribution >= 0.6 is 0 Å². The Balaban J connectivity index is 0.000000141. The second-order valence-corrected chi connectivity index (χ2v) is 12.5. The summed E-state index contributed by atoms with van der Waals surface area (Å²) >= 11 is 0. The van der Waals surface area contributed by atoms with Crippen LogP contribution in [0, 0.1) is 0 Å². The molecule has 0 fully saturated rings. The number of rotatable bonds is 10. The number of carbonyl (C=O) groups is 5. The van der Waals surface area contributed by atoms with Crippen molar-refractivity contribution in [2.45, 2.75) is 31.7 Å². The fourth-order valence-electron chi connectivity index (χ4n) is 5.83. The van der Waals surface area contributed by atoms with Crippen LogP contribution in [0.3, 0.4) is 0 Å². The van der Waals surface area contributed by atoms with Crippen LogP contribution in [-0.2, 0) is 49.7 Å². The lowest BCUT2D eigenvalue weighted by Crippen LogP contribution is -2.32. The highest BCUT2D eigenvalue weighted by Crippen LogP contribution is 2.19. The number of H-pyrrole nitrogens is 4. The lowest BCUT2D eigenvalue weighted by Gasteiger charge is -2.04. The number of hydrogen-bond donors (Lipinski definition) is 8. The number of carboxylic acid groups (broad SMARTS) is 3. The lowest BCUT2D eigenvalue weighted by atomic mass is 10.1. The van der Waals surface area contributed by atoms with E-state index in [0.29, 0.717) is 18.5 Å². The Morgan fingerprint density at radius 2 is 1.07 bits per heavy atom. The molecule has 9 N–H and O–H groups in total. The summed E-state index contributed by atoms with van der Waals surface area (Å²) in [5.41, 5.74) is 12.8. The molecule has 0 saturated carbocycles. The smallest absolute Gasteiger partial charge is 0.372 e. The third-order valence-corrected chi connectivity index (χ3v) is 8.42. The predicted molar refractivity (Wildman–Crippen MR) is 210 cm³/mol. The van der Waals surface area contributed by atoms with Crippen LogP contribution in [0.15, 0.2) is 121 Å². The number of aromatic amines is 4. The molecule has 0 saturated heterocycles. The van der Waals surface area contributed by atoms with Gasteiger partial charge in [-0.3, -0.25) is 14.4 Å². The highest BCUT2D eigenvalue weighted by molar-refractivity contribution is 6.33. The number of aldehydes is 1. The molecular formula is C42H39N5O8. The van der Waals surface area contributed by atoms with E-state index in [4.69, 9.17) is 21.1 Å². The number of carboxylic acids is 3. The molecule has 8 aromatic rings. The van der Waals surface area contributed by atoms with Gasteiger partial charge in [0.05, 0.1) is 12.8 Å². The molecule has 4 aromatic heterocycles. The summed E-state index contributed by atoms with van der Waals surface area (Å²) in [6.07, 6.45) is 3.49. The summed E-state index contributed by atoms with van der Waals surface area (Å²) < 4.78 is 0. The molecule has 1 atom stereocenters. The number of aromatic nitrogens is 4. The predicted octanol–water partition coefficient (Wildman–Crippen LogP) is 6.19. The number of Topliss-reactive ketones (excluding diaryl/α,β-unsaturated/α-hetero) is 1. The maximum atomic E-state index is 11.0. The number of ketones is 1. The van der Waals surface area contributed by atoms with Crippen molar-refractivity contribution in [3.63, 3.8) is 0 Å². The van der Waals surface area contributed by atoms with Gasteiger partial charge in [-0.1, -0.05) is 72.8 Å². The Hall–Kier alpha value is -7.25. The maximum absolute atomic E-state index is 11.0. The van der Waals surface area contributed by atoms with E-state index in [9.17, 15) is 24.0 Å². The summed E-state index contributed by atoms with van der Waals surface area (Å²) in [4.78, 5) is 64.9. The summed E-state index contributed by atoms with van der Waals surface area (Å²) in [6, 6.07) is 35.8. The first-order valence-electron chi connectivity index (χ1n) is 17.2. The minimum absolute atomic E-state index is 0.0503. The van der Waals surface area contributed by atoms with Crippen molar-refractivity contribution < 1.29 is 39.3 Å². The average molecular weight is 742 g/mol. The van der Waals surface area contributed by atoms with Gasteiger partial charge in [-0.15, -0.1) is 0 Å². The molecular weight excluding hydrogens is 702 g/mol. The fourth-order valence-corrected chi connectivity index (χ4v) is 5.83. The molecule has 280 valence electrons. The summed E-state index contributed by atoms with van der Waals surface area (Å²) in [7, 11) is 0. The molecule has 0 aliphatic carbocycles. The van der Waals surface area contributed by atoms with Crippen LogP contribution in [0.4, 0.5) is 0 Å². The maximum Gasteiger partial charge on any atom is 0.372 e. The third kappa shape index (κ3) is 10.9. The van der Waals surface area contributed by atoms with Gasteiger partial charge in [0, 0.05) is 63.6 Å². The highest BCUT2D eigenvalue weighted by atomic mass is 16.4. The van der Waals surface area contributed by atoms with Gasteiger partial charge in [0.1, 0.15) is 12.3 Å². The second kappa shape index (κ2) is 18.5. The molecule has 4 aromatic carbocycles. The number of carbonyl (C=O) groups excluding carboxylic acids is 2. The molecule has 4 heterocycles. The first-order valence-corrected chi connectivity index (χ1v) is 17.2. The van der Waals surface area contributed by atoms with Crippen LogP contribution in [0.5, 0.6) is 0 Å². The van der Waals surface area contributed by atoms with Crippen molar-refractivity contribution >= 4 is 73.6 Å². The third-order valence-electron chi connectivity index (χ3n) is 8.42. The van der Waals surface area contributed by atoms with Gasteiger partial charge in [-0.05, 0) is 64.2 Å². The molecule has 13 heteroatoms. The zero-order valence-electron chi connectivity index (χ0n) is 29.5. The number of fused-ring (bicyclic) bond motifs is 4. The molecule has 0 radical (unpaired) electrons. The van der Waals surface area contributed by atoms with Gasteiger partial charge in [-0.2, -0.15) is 0 Å². The zero-order chi connectivity index (χ0) is 39.3. The number of para-hydroxylation sites is 4. The van der Waals surface area contributed by atoms with E-state index >= 15 is 0 Å². The minimum atomic E-state index is -1.39. The van der Waals surface area contributed by atoms with Crippen molar-refractivity contribution in [3.05, 3.63) is 144 Å². The number of hydrogen-bond acceptors (Lipinski definition) is 6. The standard InChI is InChI=1S/C11H12N2O2.C11H9NO3.C10H9NO2.C10H9NO/c12-9(11(14)15)5-7-6-13-10-4-2-1-3-8(7)10;13-10(11(14)15)6-8-5-7-3-1-2-4-9(7)12-8;12-10(13)6-8-5-7-3-1-2-4-9(7)11-8;12-6-5-9-7-8-3-1-2-4-10(8)11-9/h1-4,6,9,13H,5,12H2,(H,14,15);1-5,12H,6H2,(H,14,15);1-5,11H,6H2,(H,12,13);1-4,6-7,11H,5H2/t9-;;;/m0.../s1. The molecule has 0 bridgehead atoms. The van der Waals surface area contributed by atoms with E-state index in [2.05, 4.69) is 19.9 Å². The van der Waals surface area contributed by atoms with Gasteiger partial charge in [0.25, 0.3) is 0 Å². The van der Waals surface area contributed by atoms with Crippen molar-refractivity contribution in [3.8, 4) is 0 Å².